The van der Waals surface area contributed by atoms with Crippen LogP contribution in [0.25, 0.3) is 6.08 Å². The Morgan fingerprint density at radius 3 is 2.74 bits per heavy atom. The first-order valence-corrected chi connectivity index (χ1v) is 6.41. The minimum absolute atomic E-state index is 0.255. The predicted octanol–water partition coefficient (Wildman–Crippen LogP) is 2.80. The Bertz CT molecular complexity index is 644. The number of rotatable bonds is 4. The molecule has 0 aromatic carbocycles. The molecule has 96 valence electrons. The maximum absolute atomic E-state index is 12.1. The highest BCUT2D eigenvalue weighted by atomic mass is 32.1. The van der Waals surface area contributed by atoms with Gasteiger partial charge in [0, 0.05) is 12.4 Å². The maximum Gasteiger partial charge on any atom is 0.339 e. The summed E-state index contributed by atoms with van der Waals surface area (Å²) in [5, 5.41) is 10.9. The molecule has 0 saturated carbocycles. The van der Waals surface area contributed by atoms with E-state index in [1.807, 2.05) is 6.92 Å². The Labute approximate surface area is 114 Å². The van der Waals surface area contributed by atoms with Crippen LogP contribution in [0.5, 0.6) is 0 Å². The average Bonchev–Trinajstić information content (AvgIpc) is 2.88. The minimum atomic E-state index is -1.24. The summed E-state index contributed by atoms with van der Waals surface area (Å²) in [6, 6.07) is 5.10. The molecule has 0 radical (unpaired) electrons. The van der Waals surface area contributed by atoms with Crippen molar-refractivity contribution in [2.75, 3.05) is 0 Å². The standard InChI is InChI=1S/C14H11NO3S/c1-9-5-10(8-15-7-9)6-11(14(17)18)13(16)12-3-2-4-19-12/h2-8H,1H3,(H,17,18). The van der Waals surface area contributed by atoms with Crippen molar-refractivity contribution in [1.29, 1.82) is 0 Å². The summed E-state index contributed by atoms with van der Waals surface area (Å²) in [5.74, 6) is -1.72. The van der Waals surface area contributed by atoms with Crippen LogP contribution in [-0.2, 0) is 4.79 Å². The van der Waals surface area contributed by atoms with Crippen LogP contribution in [0.4, 0.5) is 0 Å². The lowest BCUT2D eigenvalue weighted by molar-refractivity contribution is -0.132. The van der Waals surface area contributed by atoms with Crippen LogP contribution in [0, 0.1) is 6.92 Å². The van der Waals surface area contributed by atoms with E-state index in [4.69, 9.17) is 5.11 Å². The number of carbonyl (C=O) groups excluding carboxylic acids is 1. The molecular formula is C14H11NO3S. The van der Waals surface area contributed by atoms with Gasteiger partial charge in [-0.25, -0.2) is 4.79 Å². The third-order valence-corrected chi connectivity index (χ3v) is 3.30. The molecule has 0 atom stereocenters. The third-order valence-electron chi connectivity index (χ3n) is 2.43. The fourth-order valence-electron chi connectivity index (χ4n) is 1.59. The predicted molar refractivity (Wildman–Crippen MR) is 73.2 cm³/mol. The van der Waals surface area contributed by atoms with E-state index in [0.717, 1.165) is 5.56 Å². The Balaban J connectivity index is 2.41. The number of carboxylic acid groups (broad SMARTS) is 1. The largest absolute Gasteiger partial charge is 0.478 e. The molecule has 2 aromatic rings. The molecule has 0 aliphatic heterocycles. The van der Waals surface area contributed by atoms with Crippen molar-refractivity contribution in [3.63, 3.8) is 0 Å². The Kier molecular flexibility index (Phi) is 3.87. The van der Waals surface area contributed by atoms with E-state index in [-0.39, 0.29) is 5.57 Å². The number of thiophene rings is 1. The number of pyridine rings is 1. The number of aliphatic carboxylic acids is 1. The molecule has 2 heterocycles. The normalized spacial score (nSPS) is 11.3. The second-order valence-corrected chi connectivity index (χ2v) is 4.91. The van der Waals surface area contributed by atoms with Crippen LogP contribution in [0.3, 0.4) is 0 Å². The number of aryl methyl sites for hydroxylation is 1. The molecular weight excluding hydrogens is 262 g/mol. The highest BCUT2D eigenvalue weighted by Gasteiger charge is 2.19. The number of hydrogen-bond donors (Lipinski definition) is 1. The van der Waals surface area contributed by atoms with Crippen molar-refractivity contribution in [2.24, 2.45) is 0 Å². The first kappa shape index (κ1) is 13.2. The van der Waals surface area contributed by atoms with Gasteiger partial charge in [-0.3, -0.25) is 9.78 Å². The quantitative estimate of drug-likeness (QED) is 0.402. The average molecular weight is 273 g/mol. The van der Waals surface area contributed by atoms with Crippen molar-refractivity contribution < 1.29 is 14.7 Å². The zero-order valence-corrected chi connectivity index (χ0v) is 11.0. The van der Waals surface area contributed by atoms with Crippen molar-refractivity contribution in [3.05, 3.63) is 57.6 Å². The Hall–Kier alpha value is -2.27. The first-order valence-electron chi connectivity index (χ1n) is 5.53. The summed E-state index contributed by atoms with van der Waals surface area (Å²) in [7, 11) is 0. The van der Waals surface area contributed by atoms with Gasteiger partial charge in [0.25, 0.3) is 0 Å². The molecule has 1 N–H and O–H groups in total. The van der Waals surface area contributed by atoms with Gasteiger partial charge >= 0.3 is 5.97 Å². The van der Waals surface area contributed by atoms with E-state index in [1.54, 1.807) is 29.8 Å². The van der Waals surface area contributed by atoms with Crippen LogP contribution in [0.1, 0.15) is 20.8 Å². The lowest BCUT2D eigenvalue weighted by Crippen LogP contribution is -2.11. The van der Waals surface area contributed by atoms with E-state index in [9.17, 15) is 9.59 Å². The smallest absolute Gasteiger partial charge is 0.339 e. The number of hydrogen-bond acceptors (Lipinski definition) is 4. The molecule has 4 nitrogen and oxygen atoms in total. The van der Waals surface area contributed by atoms with Crippen molar-refractivity contribution in [2.45, 2.75) is 6.92 Å². The van der Waals surface area contributed by atoms with Crippen LogP contribution in [-0.4, -0.2) is 21.8 Å². The fourth-order valence-corrected chi connectivity index (χ4v) is 2.27. The molecule has 0 aliphatic rings. The number of aromatic nitrogens is 1. The van der Waals surface area contributed by atoms with Gasteiger partial charge in [0.1, 0.15) is 5.57 Å². The zero-order chi connectivity index (χ0) is 13.8. The van der Waals surface area contributed by atoms with Crippen LogP contribution in [0.15, 0.2) is 41.5 Å². The lowest BCUT2D eigenvalue weighted by atomic mass is 10.1. The van der Waals surface area contributed by atoms with Gasteiger partial charge in [-0.15, -0.1) is 11.3 Å². The van der Waals surface area contributed by atoms with E-state index in [0.29, 0.717) is 10.4 Å². The van der Waals surface area contributed by atoms with Gasteiger partial charge < -0.3 is 5.11 Å². The SMILES string of the molecule is Cc1cncc(C=C(C(=O)O)C(=O)c2cccs2)c1. The second-order valence-electron chi connectivity index (χ2n) is 3.97. The Morgan fingerprint density at radius 1 is 1.37 bits per heavy atom. The van der Waals surface area contributed by atoms with Crippen LogP contribution < -0.4 is 0 Å². The molecule has 2 rings (SSSR count). The fraction of sp³-hybridized carbons (Fsp3) is 0.0714. The molecule has 0 fully saturated rings. The Morgan fingerprint density at radius 2 is 2.16 bits per heavy atom. The van der Waals surface area contributed by atoms with Crippen LogP contribution in [0.2, 0.25) is 0 Å². The summed E-state index contributed by atoms with van der Waals surface area (Å²) in [6.07, 6.45) is 4.54. The highest BCUT2D eigenvalue weighted by molar-refractivity contribution is 7.12. The van der Waals surface area contributed by atoms with Gasteiger partial charge in [-0.05, 0) is 41.6 Å². The molecule has 2 aromatic heterocycles. The van der Waals surface area contributed by atoms with Gasteiger partial charge in [0.05, 0.1) is 4.88 Å². The van der Waals surface area contributed by atoms with E-state index >= 15 is 0 Å². The second kappa shape index (κ2) is 5.58. The molecule has 0 spiro atoms. The number of nitrogens with zero attached hydrogens (tertiary/aromatic N) is 1. The minimum Gasteiger partial charge on any atom is -0.478 e. The third kappa shape index (κ3) is 3.14. The van der Waals surface area contributed by atoms with Crippen molar-refractivity contribution in [1.82, 2.24) is 4.98 Å². The van der Waals surface area contributed by atoms with Crippen molar-refractivity contribution >= 4 is 29.2 Å². The lowest BCUT2D eigenvalue weighted by Gasteiger charge is -2.01. The molecule has 0 aliphatic carbocycles. The number of Topliss-reactive ketones (excluding diaryl/α,β-unsaturated/α-hetero) is 1. The topological polar surface area (TPSA) is 67.3 Å². The molecule has 5 heteroatoms. The maximum atomic E-state index is 12.1. The summed E-state index contributed by atoms with van der Waals surface area (Å²) in [4.78, 5) is 27.7. The summed E-state index contributed by atoms with van der Waals surface area (Å²) >= 11 is 1.22. The monoisotopic (exact) mass is 273 g/mol. The van der Waals surface area contributed by atoms with Gasteiger partial charge in [-0.2, -0.15) is 0 Å². The number of carboxylic acids is 1. The van der Waals surface area contributed by atoms with E-state index in [1.165, 1.54) is 23.6 Å². The molecule has 19 heavy (non-hydrogen) atoms. The molecule has 0 amide bonds. The highest BCUT2D eigenvalue weighted by Crippen LogP contribution is 2.17. The van der Waals surface area contributed by atoms with E-state index < -0.39 is 11.8 Å². The van der Waals surface area contributed by atoms with Gasteiger partial charge in [0.15, 0.2) is 0 Å². The molecule has 0 unspecified atom stereocenters. The summed E-state index contributed by atoms with van der Waals surface area (Å²) in [6.45, 7) is 1.85. The zero-order valence-electron chi connectivity index (χ0n) is 10.2. The van der Waals surface area contributed by atoms with E-state index in [2.05, 4.69) is 4.98 Å². The number of carbonyl (C=O) groups is 2. The summed E-state index contributed by atoms with van der Waals surface area (Å²) in [5.41, 5.74) is 1.25. The van der Waals surface area contributed by atoms with Crippen LogP contribution >= 0.6 is 11.3 Å². The first-order chi connectivity index (χ1) is 9.08. The summed E-state index contributed by atoms with van der Waals surface area (Å²) < 4.78 is 0. The molecule has 0 saturated heterocycles. The number of ketones is 1. The van der Waals surface area contributed by atoms with Gasteiger partial charge in [0.2, 0.25) is 5.78 Å². The molecule has 0 bridgehead atoms. The van der Waals surface area contributed by atoms with Crippen molar-refractivity contribution in [3.8, 4) is 0 Å². The van der Waals surface area contributed by atoms with Gasteiger partial charge in [-0.1, -0.05) is 6.07 Å².